The van der Waals surface area contributed by atoms with E-state index in [2.05, 4.69) is 9.47 Å². The monoisotopic (exact) mass is 433 g/mol. The highest BCUT2D eigenvalue weighted by atomic mass is 19.3. The number of benzene rings is 2. The summed E-state index contributed by atoms with van der Waals surface area (Å²) in [7, 11) is 1.15. The maximum absolute atomic E-state index is 12.5. The van der Waals surface area contributed by atoms with Gasteiger partial charge in [-0.1, -0.05) is 12.1 Å². The molecule has 0 heterocycles. The van der Waals surface area contributed by atoms with Crippen LogP contribution in [-0.4, -0.2) is 31.2 Å². The summed E-state index contributed by atoms with van der Waals surface area (Å²) in [5, 5.41) is 11.2. The fraction of sp³-hybridized carbons (Fsp3) is 0.278. The molecule has 0 amide bonds. The Balaban J connectivity index is 2.08. The minimum absolute atomic E-state index is 0.0871. The predicted molar refractivity (Wildman–Crippen MR) is 92.9 cm³/mol. The lowest BCUT2D eigenvalue weighted by Gasteiger charge is -2.12. The van der Waals surface area contributed by atoms with Crippen molar-refractivity contribution in [2.75, 3.05) is 7.11 Å². The topological polar surface area (TPSA) is 97.1 Å². The van der Waals surface area contributed by atoms with Crippen LogP contribution in [0.3, 0.4) is 0 Å². The van der Waals surface area contributed by atoms with E-state index in [4.69, 9.17) is 9.47 Å². The van der Waals surface area contributed by atoms with Gasteiger partial charge in [0.05, 0.1) is 30.1 Å². The number of ether oxygens (including phenoxy) is 4. The fourth-order valence-corrected chi connectivity index (χ4v) is 2.39. The minimum atomic E-state index is -3.22. The molecule has 0 aliphatic rings. The number of alkyl halides is 4. The lowest BCUT2D eigenvalue weighted by atomic mass is 10.1. The van der Waals surface area contributed by atoms with Crippen molar-refractivity contribution >= 4 is 11.7 Å². The van der Waals surface area contributed by atoms with E-state index in [1.54, 1.807) is 0 Å². The van der Waals surface area contributed by atoms with Gasteiger partial charge in [0.25, 0.3) is 5.69 Å². The van der Waals surface area contributed by atoms with Crippen LogP contribution >= 0.6 is 0 Å². The summed E-state index contributed by atoms with van der Waals surface area (Å²) in [4.78, 5) is 22.4. The second kappa shape index (κ2) is 10.3. The number of halogens is 4. The fourth-order valence-electron chi connectivity index (χ4n) is 2.39. The molecule has 8 nitrogen and oxygen atoms in total. The number of nitro groups is 1. The summed E-state index contributed by atoms with van der Waals surface area (Å²) in [6, 6.07) is 7.04. The van der Waals surface area contributed by atoms with E-state index < -0.39 is 42.2 Å². The van der Waals surface area contributed by atoms with Crippen LogP contribution in [0.15, 0.2) is 36.4 Å². The van der Waals surface area contributed by atoms with Crippen molar-refractivity contribution in [1.29, 1.82) is 0 Å². The zero-order valence-corrected chi connectivity index (χ0v) is 15.3. The zero-order valence-electron chi connectivity index (χ0n) is 15.3. The van der Waals surface area contributed by atoms with E-state index in [1.807, 2.05) is 0 Å². The molecular weight excluding hydrogens is 418 g/mol. The van der Waals surface area contributed by atoms with Crippen LogP contribution in [0.4, 0.5) is 23.2 Å². The summed E-state index contributed by atoms with van der Waals surface area (Å²) in [6.45, 7) is -6.74. The Kier molecular flexibility index (Phi) is 7.78. The van der Waals surface area contributed by atoms with E-state index in [0.29, 0.717) is 5.56 Å². The Morgan fingerprint density at radius 2 is 1.67 bits per heavy atom. The quantitative estimate of drug-likeness (QED) is 0.241. The van der Waals surface area contributed by atoms with Crippen LogP contribution in [0.1, 0.15) is 11.1 Å². The molecule has 2 aromatic rings. The van der Waals surface area contributed by atoms with E-state index in [1.165, 1.54) is 24.3 Å². The van der Waals surface area contributed by atoms with Crippen molar-refractivity contribution in [2.24, 2.45) is 0 Å². The summed E-state index contributed by atoms with van der Waals surface area (Å²) in [5.41, 5.74) is -0.283. The molecule has 0 atom stereocenters. The molecule has 0 N–H and O–H groups in total. The molecule has 2 rings (SSSR count). The summed E-state index contributed by atoms with van der Waals surface area (Å²) in [6.07, 6.45) is -0.244. The largest absolute Gasteiger partial charge is 0.493 e. The Hall–Kier alpha value is -3.57. The van der Waals surface area contributed by atoms with Gasteiger partial charge in [-0.25, -0.2) is 0 Å². The Labute approximate surface area is 167 Å². The first-order chi connectivity index (χ1) is 14.2. The van der Waals surface area contributed by atoms with E-state index in [-0.39, 0.29) is 23.5 Å². The molecule has 2 aromatic carbocycles. The number of carbonyl (C=O) groups is 1. The molecule has 0 saturated heterocycles. The lowest BCUT2D eigenvalue weighted by molar-refractivity contribution is -0.386. The van der Waals surface area contributed by atoms with Gasteiger partial charge in [0, 0.05) is 0 Å². The number of esters is 1. The van der Waals surface area contributed by atoms with E-state index >= 15 is 0 Å². The second-order valence-electron chi connectivity index (χ2n) is 5.63. The van der Waals surface area contributed by atoms with Crippen LogP contribution in [0.25, 0.3) is 0 Å². The highest BCUT2D eigenvalue weighted by Gasteiger charge is 2.22. The molecule has 0 fully saturated rings. The van der Waals surface area contributed by atoms with Crippen molar-refractivity contribution in [3.8, 4) is 17.2 Å². The van der Waals surface area contributed by atoms with E-state index in [0.717, 1.165) is 19.2 Å². The van der Waals surface area contributed by atoms with Crippen LogP contribution in [0.5, 0.6) is 17.2 Å². The van der Waals surface area contributed by atoms with Gasteiger partial charge in [-0.15, -0.1) is 0 Å². The van der Waals surface area contributed by atoms with Gasteiger partial charge in [0.2, 0.25) is 0 Å². The molecule has 0 unspecified atom stereocenters. The van der Waals surface area contributed by atoms with Gasteiger partial charge in [0.1, 0.15) is 12.4 Å². The Bertz CT molecular complexity index is 891. The average Bonchev–Trinajstić information content (AvgIpc) is 2.67. The lowest BCUT2D eigenvalue weighted by Crippen LogP contribution is -2.10. The average molecular weight is 433 g/mol. The maximum atomic E-state index is 12.5. The van der Waals surface area contributed by atoms with Gasteiger partial charge >= 0.3 is 19.2 Å². The van der Waals surface area contributed by atoms with Crippen molar-refractivity contribution in [3.05, 3.63) is 57.6 Å². The standard InChI is InChI=1S/C18H15F4NO7/c1-27-14-7-11(13(23(25)26)8-15(14)30-18(21)22)9-28-16(24)6-10-2-4-12(5-3-10)29-17(19)20/h2-5,7-8,17-18H,6,9H2,1H3. The maximum Gasteiger partial charge on any atom is 0.387 e. The normalized spacial score (nSPS) is 10.8. The number of hydrogen-bond acceptors (Lipinski definition) is 7. The first-order valence-electron chi connectivity index (χ1n) is 8.19. The zero-order chi connectivity index (χ0) is 22.3. The second-order valence-corrected chi connectivity index (χ2v) is 5.63. The van der Waals surface area contributed by atoms with Gasteiger partial charge in [-0.3, -0.25) is 14.9 Å². The van der Waals surface area contributed by atoms with Crippen LogP contribution in [0, 0.1) is 10.1 Å². The molecule has 0 aliphatic carbocycles. The van der Waals surface area contributed by atoms with Gasteiger partial charge < -0.3 is 18.9 Å². The predicted octanol–water partition coefficient (Wildman–Crippen LogP) is 4.09. The molecule has 0 aromatic heterocycles. The van der Waals surface area contributed by atoms with Crippen LogP contribution < -0.4 is 14.2 Å². The van der Waals surface area contributed by atoms with Gasteiger partial charge in [-0.2, -0.15) is 17.6 Å². The Morgan fingerprint density at radius 1 is 1.03 bits per heavy atom. The molecule has 162 valence electrons. The number of carbonyl (C=O) groups excluding carboxylic acids is 1. The van der Waals surface area contributed by atoms with Crippen molar-refractivity contribution in [1.82, 2.24) is 0 Å². The van der Waals surface area contributed by atoms with Gasteiger partial charge in [0.15, 0.2) is 11.5 Å². The SMILES string of the molecule is COc1cc(COC(=O)Cc2ccc(OC(F)F)cc2)c([N+](=O)[O-])cc1OC(F)F. The summed E-state index contributed by atoms with van der Waals surface area (Å²) >= 11 is 0. The molecule has 12 heteroatoms. The molecule has 0 aliphatic heterocycles. The summed E-state index contributed by atoms with van der Waals surface area (Å²) < 4.78 is 67.4. The van der Waals surface area contributed by atoms with Crippen molar-refractivity contribution in [3.63, 3.8) is 0 Å². The Morgan fingerprint density at radius 3 is 2.20 bits per heavy atom. The number of nitrogens with zero attached hydrogens (tertiary/aromatic N) is 1. The van der Waals surface area contributed by atoms with Crippen molar-refractivity contribution in [2.45, 2.75) is 26.3 Å². The minimum Gasteiger partial charge on any atom is -0.493 e. The van der Waals surface area contributed by atoms with E-state index in [9.17, 15) is 32.5 Å². The smallest absolute Gasteiger partial charge is 0.387 e. The van der Waals surface area contributed by atoms with Crippen LogP contribution in [-0.2, 0) is 22.6 Å². The molecule has 0 spiro atoms. The highest BCUT2D eigenvalue weighted by Crippen LogP contribution is 2.36. The molecule has 30 heavy (non-hydrogen) atoms. The third-order valence-electron chi connectivity index (χ3n) is 3.66. The molecule has 0 bridgehead atoms. The number of methoxy groups -OCH3 is 1. The number of rotatable bonds is 10. The summed E-state index contributed by atoms with van der Waals surface area (Å²) in [5.74, 6) is -1.60. The van der Waals surface area contributed by atoms with Crippen LogP contribution in [0.2, 0.25) is 0 Å². The van der Waals surface area contributed by atoms with Crippen molar-refractivity contribution < 1.29 is 46.2 Å². The third kappa shape index (κ3) is 6.50. The first kappa shape index (κ1) is 22.7. The molecular formula is C18H15F4NO7. The van der Waals surface area contributed by atoms with Gasteiger partial charge in [-0.05, 0) is 23.8 Å². The third-order valence-corrected chi connectivity index (χ3v) is 3.66. The molecule has 0 saturated carbocycles. The first-order valence-corrected chi connectivity index (χ1v) is 8.19. The number of hydrogen-bond donors (Lipinski definition) is 0. The molecule has 0 radical (unpaired) electrons. The number of nitro benzene ring substituents is 1. The highest BCUT2D eigenvalue weighted by molar-refractivity contribution is 5.72.